The number of nitrogens with one attached hydrogen (secondary N) is 1. The number of phenols is 1. The van der Waals surface area contributed by atoms with Crippen molar-refractivity contribution in [2.75, 3.05) is 6.61 Å². The minimum absolute atomic E-state index is 0.00899. The molecule has 1 heterocycles. The molecule has 1 atom stereocenters. The molecule has 0 spiro atoms. The zero-order valence-corrected chi connectivity index (χ0v) is 21.1. The maximum Gasteiger partial charge on any atom is 0.284 e. The number of carbonyl (C=O) groups excluding carboxylic acids is 1. The Bertz CT molecular complexity index is 1300. The quantitative estimate of drug-likeness (QED) is 0.231. The number of fused-ring (bicyclic) bond motifs is 1. The topological polar surface area (TPSA) is 105 Å². The van der Waals surface area contributed by atoms with Crippen LogP contribution in [0.5, 0.6) is 17.2 Å². The fourth-order valence-electron chi connectivity index (χ4n) is 3.27. The van der Waals surface area contributed by atoms with E-state index in [0.717, 1.165) is 10.0 Å². The molecule has 0 saturated heterocycles. The molecule has 9 heteroatoms. The van der Waals surface area contributed by atoms with Crippen molar-refractivity contribution in [2.45, 2.75) is 32.3 Å². The number of benzene rings is 3. The van der Waals surface area contributed by atoms with Crippen LogP contribution in [-0.2, 0) is 10.2 Å². The van der Waals surface area contributed by atoms with E-state index in [1.807, 2.05) is 42.5 Å². The van der Waals surface area contributed by atoms with Crippen LogP contribution >= 0.6 is 15.9 Å². The molecular formula is C26H25BrN4O4. The summed E-state index contributed by atoms with van der Waals surface area (Å²) >= 11 is 3.39. The Morgan fingerprint density at radius 2 is 1.83 bits per heavy atom. The first-order chi connectivity index (χ1) is 16.7. The Morgan fingerprint density at radius 1 is 1.06 bits per heavy atom. The first-order valence-corrected chi connectivity index (χ1v) is 11.8. The van der Waals surface area contributed by atoms with E-state index in [1.54, 1.807) is 12.1 Å². The van der Waals surface area contributed by atoms with Gasteiger partial charge in [-0.05, 0) is 59.5 Å². The van der Waals surface area contributed by atoms with Crippen LogP contribution in [0, 0.1) is 0 Å². The van der Waals surface area contributed by atoms with E-state index in [2.05, 4.69) is 57.5 Å². The number of azo groups is 1. The predicted molar refractivity (Wildman–Crippen MR) is 137 cm³/mol. The van der Waals surface area contributed by atoms with Gasteiger partial charge in [0, 0.05) is 10.0 Å². The van der Waals surface area contributed by atoms with Gasteiger partial charge in [-0.25, -0.2) is 5.43 Å². The van der Waals surface area contributed by atoms with Crippen molar-refractivity contribution >= 4 is 39.4 Å². The number of hydrazone groups is 1. The summed E-state index contributed by atoms with van der Waals surface area (Å²) in [6.07, 6.45) is 0.481. The number of halogens is 1. The van der Waals surface area contributed by atoms with Crippen molar-refractivity contribution in [3.05, 3.63) is 76.3 Å². The lowest BCUT2D eigenvalue weighted by atomic mass is 9.87. The molecule has 1 aliphatic rings. The molecule has 3 aromatic carbocycles. The maximum atomic E-state index is 12.6. The molecule has 0 aliphatic carbocycles. The van der Waals surface area contributed by atoms with E-state index >= 15 is 0 Å². The second kappa shape index (κ2) is 10.3. The zero-order chi connectivity index (χ0) is 25.0. The highest BCUT2D eigenvalue weighted by Gasteiger charge is 2.28. The molecule has 0 bridgehead atoms. The largest absolute Gasteiger partial charge is 0.507 e. The summed E-state index contributed by atoms with van der Waals surface area (Å²) in [7, 11) is 0. The lowest BCUT2D eigenvalue weighted by molar-refractivity contribution is -0.130. The first kappa shape index (κ1) is 24.4. The lowest BCUT2D eigenvalue weighted by Gasteiger charge is -2.27. The van der Waals surface area contributed by atoms with Gasteiger partial charge in [0.15, 0.2) is 11.5 Å². The monoisotopic (exact) mass is 536 g/mol. The van der Waals surface area contributed by atoms with Gasteiger partial charge in [0.1, 0.15) is 12.4 Å². The van der Waals surface area contributed by atoms with Gasteiger partial charge in [0.05, 0.1) is 17.6 Å². The van der Waals surface area contributed by atoms with Gasteiger partial charge < -0.3 is 14.6 Å². The molecule has 3 aromatic rings. The molecule has 8 nitrogen and oxygen atoms in total. The number of amides is 1. The van der Waals surface area contributed by atoms with Gasteiger partial charge in [-0.2, -0.15) is 15.3 Å². The van der Waals surface area contributed by atoms with Crippen molar-refractivity contribution in [3.63, 3.8) is 0 Å². The Balaban J connectivity index is 1.40. The van der Waals surface area contributed by atoms with Gasteiger partial charge in [-0.1, -0.05) is 48.8 Å². The number of carbonyl (C=O) groups is 1. The molecule has 0 unspecified atom stereocenters. The highest BCUT2D eigenvalue weighted by atomic mass is 79.9. The van der Waals surface area contributed by atoms with E-state index in [9.17, 15) is 9.90 Å². The Kier molecular flexibility index (Phi) is 7.16. The van der Waals surface area contributed by atoms with Gasteiger partial charge in [0.2, 0.25) is 6.10 Å². The first-order valence-electron chi connectivity index (χ1n) is 11.0. The summed E-state index contributed by atoms with van der Waals surface area (Å²) in [4.78, 5) is 12.6. The number of hydrogen-bond donors (Lipinski definition) is 2. The number of aromatic hydroxyl groups is 1. The molecule has 0 saturated carbocycles. The van der Waals surface area contributed by atoms with Crippen molar-refractivity contribution in [1.29, 1.82) is 0 Å². The van der Waals surface area contributed by atoms with Crippen LogP contribution in [0.2, 0.25) is 0 Å². The number of ether oxygens (including phenoxy) is 2. The van der Waals surface area contributed by atoms with E-state index in [-0.39, 0.29) is 17.8 Å². The second-order valence-corrected chi connectivity index (χ2v) is 9.90. The Hall–Kier alpha value is -3.72. The maximum absolute atomic E-state index is 12.6. The highest BCUT2D eigenvalue weighted by molar-refractivity contribution is 9.10. The molecule has 0 aromatic heterocycles. The summed E-state index contributed by atoms with van der Waals surface area (Å²) in [5.74, 6) is 0.654. The minimum atomic E-state index is -0.853. The van der Waals surface area contributed by atoms with E-state index in [0.29, 0.717) is 28.4 Å². The van der Waals surface area contributed by atoms with Crippen molar-refractivity contribution < 1.29 is 19.4 Å². The summed E-state index contributed by atoms with van der Waals surface area (Å²) < 4.78 is 12.5. The molecule has 180 valence electrons. The Morgan fingerprint density at radius 3 is 2.57 bits per heavy atom. The molecule has 1 amide bonds. The van der Waals surface area contributed by atoms with Gasteiger partial charge in [0.25, 0.3) is 5.91 Å². The molecule has 4 rings (SSSR count). The zero-order valence-electron chi connectivity index (χ0n) is 19.5. The molecular weight excluding hydrogens is 512 g/mol. The van der Waals surface area contributed by atoms with Crippen LogP contribution in [0.3, 0.4) is 0 Å². The van der Waals surface area contributed by atoms with Crippen LogP contribution in [0.25, 0.3) is 0 Å². The number of phenolic OH excluding ortho intramolecular Hbond substituents is 1. The van der Waals surface area contributed by atoms with Crippen molar-refractivity contribution in [1.82, 2.24) is 5.43 Å². The van der Waals surface area contributed by atoms with Crippen LogP contribution in [0.15, 0.2) is 80.5 Å². The van der Waals surface area contributed by atoms with Gasteiger partial charge in [-0.3, -0.25) is 4.79 Å². The van der Waals surface area contributed by atoms with Crippen molar-refractivity contribution in [2.24, 2.45) is 15.3 Å². The second-order valence-electron chi connectivity index (χ2n) is 8.99. The third kappa shape index (κ3) is 6.24. The number of nitrogens with zero attached hydrogens (tertiary/aromatic N) is 3. The molecule has 35 heavy (non-hydrogen) atoms. The van der Waals surface area contributed by atoms with Crippen molar-refractivity contribution in [3.8, 4) is 17.2 Å². The summed E-state index contributed by atoms with van der Waals surface area (Å²) in [5.41, 5.74) is 5.03. The smallest absolute Gasteiger partial charge is 0.284 e. The van der Waals surface area contributed by atoms with Gasteiger partial charge in [-0.15, -0.1) is 0 Å². The Labute approximate surface area is 211 Å². The summed E-state index contributed by atoms with van der Waals surface area (Å²) in [5, 5.41) is 22.5. The fourth-order valence-corrected chi connectivity index (χ4v) is 3.65. The third-order valence-corrected chi connectivity index (χ3v) is 5.73. The SMILES string of the molecule is CC(C)(C)c1ccc2c(c1)O[C@H](C(=O)N/N=C/c1cc(N=Nc3cccc(Br)c3)ccc1O)CO2. The fraction of sp³-hybridized carbons (Fsp3) is 0.231. The van der Waals surface area contributed by atoms with E-state index in [4.69, 9.17) is 9.47 Å². The standard InChI is InChI=1S/C26H25BrN4O4/c1-26(2,3)17-7-10-22-23(12-17)35-24(15-34-22)25(33)31-28-14-16-11-20(8-9-21(16)32)30-29-19-6-4-5-18(27)13-19/h4-14,24,32H,15H2,1-3H3,(H,31,33)/b28-14+,30-29?/t24-/m0/s1. The van der Waals surface area contributed by atoms with Crippen LogP contribution in [-0.4, -0.2) is 29.9 Å². The third-order valence-electron chi connectivity index (χ3n) is 5.24. The molecule has 0 radical (unpaired) electrons. The minimum Gasteiger partial charge on any atom is -0.507 e. The number of rotatable bonds is 5. The van der Waals surface area contributed by atoms with Gasteiger partial charge >= 0.3 is 0 Å². The highest BCUT2D eigenvalue weighted by Crippen LogP contribution is 2.36. The molecule has 0 fully saturated rings. The average molecular weight is 537 g/mol. The van der Waals surface area contributed by atoms with E-state index in [1.165, 1.54) is 12.3 Å². The average Bonchev–Trinajstić information content (AvgIpc) is 2.83. The van der Waals surface area contributed by atoms with Crippen LogP contribution in [0.1, 0.15) is 31.9 Å². The number of hydrogen-bond acceptors (Lipinski definition) is 7. The molecule has 1 aliphatic heterocycles. The predicted octanol–water partition coefficient (Wildman–Crippen LogP) is 6.16. The lowest BCUT2D eigenvalue weighted by Crippen LogP contribution is -2.42. The summed E-state index contributed by atoms with van der Waals surface area (Å²) in [6.45, 7) is 6.37. The normalized spacial score (nSPS) is 15.5. The summed E-state index contributed by atoms with van der Waals surface area (Å²) in [6, 6.07) is 17.9. The molecule has 2 N–H and O–H groups in total. The van der Waals surface area contributed by atoms with Crippen LogP contribution < -0.4 is 14.9 Å². The van der Waals surface area contributed by atoms with Crippen LogP contribution in [0.4, 0.5) is 11.4 Å². The van der Waals surface area contributed by atoms with E-state index < -0.39 is 12.0 Å².